The number of nitrogens with one attached hydrogen (secondary N) is 1. The number of aliphatic hydroxyl groups excluding tert-OH is 1. The molecule has 0 spiro atoms. The van der Waals surface area contributed by atoms with E-state index in [2.05, 4.69) is 19.2 Å². The molecular weight excluding hydrogens is 114 g/mol. The quantitative estimate of drug-likeness (QED) is 0.536. The van der Waals surface area contributed by atoms with Crippen LogP contribution >= 0.6 is 0 Å². The van der Waals surface area contributed by atoms with Crippen molar-refractivity contribution >= 4 is 0 Å². The molecule has 0 aromatic carbocycles. The molecule has 0 aromatic heterocycles. The van der Waals surface area contributed by atoms with Crippen molar-refractivity contribution in [2.75, 3.05) is 13.2 Å². The first-order chi connectivity index (χ1) is 4.14. The van der Waals surface area contributed by atoms with Crippen molar-refractivity contribution in [2.24, 2.45) is 5.41 Å². The topological polar surface area (TPSA) is 32.3 Å². The highest BCUT2D eigenvalue weighted by atomic mass is 16.3. The fraction of sp³-hybridized carbons (Fsp3) is 1.00. The first-order valence-electron chi connectivity index (χ1n) is 3.48. The summed E-state index contributed by atoms with van der Waals surface area (Å²) >= 11 is 0. The Morgan fingerprint density at radius 1 is 1.67 bits per heavy atom. The molecule has 1 saturated heterocycles. The van der Waals surface area contributed by atoms with E-state index in [0.29, 0.717) is 11.5 Å². The third-order valence-electron chi connectivity index (χ3n) is 1.89. The van der Waals surface area contributed by atoms with Crippen LogP contribution < -0.4 is 5.32 Å². The van der Waals surface area contributed by atoms with E-state index in [-0.39, 0.29) is 6.61 Å². The second kappa shape index (κ2) is 2.27. The van der Waals surface area contributed by atoms with Crippen LogP contribution in [0.25, 0.3) is 0 Å². The van der Waals surface area contributed by atoms with E-state index in [1.165, 1.54) is 0 Å². The van der Waals surface area contributed by atoms with Gasteiger partial charge in [-0.2, -0.15) is 0 Å². The first-order valence-corrected chi connectivity index (χ1v) is 3.48. The zero-order valence-corrected chi connectivity index (χ0v) is 6.15. The van der Waals surface area contributed by atoms with Gasteiger partial charge < -0.3 is 10.4 Å². The third-order valence-corrected chi connectivity index (χ3v) is 1.89. The number of hydrogen-bond donors (Lipinski definition) is 2. The number of aliphatic hydroxyl groups is 1. The summed E-state index contributed by atoms with van der Waals surface area (Å²) in [6.07, 6.45) is 1.10. The summed E-state index contributed by atoms with van der Waals surface area (Å²) < 4.78 is 0. The van der Waals surface area contributed by atoms with Gasteiger partial charge in [0.15, 0.2) is 0 Å². The van der Waals surface area contributed by atoms with Gasteiger partial charge in [-0.25, -0.2) is 0 Å². The zero-order valence-electron chi connectivity index (χ0n) is 6.15. The summed E-state index contributed by atoms with van der Waals surface area (Å²) in [6.45, 7) is 5.76. The molecule has 1 heterocycles. The molecule has 1 aliphatic heterocycles. The van der Waals surface area contributed by atoms with Gasteiger partial charge in [-0.1, -0.05) is 13.8 Å². The van der Waals surface area contributed by atoms with E-state index < -0.39 is 0 Å². The highest BCUT2D eigenvalue weighted by Gasteiger charge is 2.29. The summed E-state index contributed by atoms with van der Waals surface area (Å²) in [5.74, 6) is 0. The molecular formula is C7H15NO. The smallest absolute Gasteiger partial charge is 0.0584 e. The summed E-state index contributed by atoms with van der Waals surface area (Å²) in [7, 11) is 0. The normalized spacial score (nSPS) is 33.0. The predicted molar refractivity (Wildman–Crippen MR) is 37.3 cm³/mol. The number of hydrogen-bond acceptors (Lipinski definition) is 2. The van der Waals surface area contributed by atoms with Crippen LogP contribution in [0, 0.1) is 5.41 Å². The second-order valence-corrected chi connectivity index (χ2v) is 3.63. The Kier molecular flexibility index (Phi) is 1.78. The van der Waals surface area contributed by atoms with Gasteiger partial charge in [-0.3, -0.25) is 0 Å². The first kappa shape index (κ1) is 7.03. The molecule has 1 aliphatic rings. The van der Waals surface area contributed by atoms with Gasteiger partial charge >= 0.3 is 0 Å². The van der Waals surface area contributed by atoms with Crippen LogP contribution in [-0.4, -0.2) is 24.3 Å². The molecule has 2 N–H and O–H groups in total. The van der Waals surface area contributed by atoms with Crippen LogP contribution in [0.15, 0.2) is 0 Å². The van der Waals surface area contributed by atoms with Crippen LogP contribution in [0.1, 0.15) is 20.3 Å². The molecule has 0 aromatic rings. The van der Waals surface area contributed by atoms with Gasteiger partial charge in [-0.05, 0) is 11.8 Å². The van der Waals surface area contributed by atoms with E-state index in [0.717, 1.165) is 13.0 Å². The van der Waals surface area contributed by atoms with E-state index in [9.17, 15) is 0 Å². The lowest BCUT2D eigenvalue weighted by molar-refractivity contribution is 0.247. The predicted octanol–water partition coefficient (Wildman–Crippen LogP) is 0.367. The zero-order chi connectivity index (χ0) is 6.91. The van der Waals surface area contributed by atoms with E-state index >= 15 is 0 Å². The van der Waals surface area contributed by atoms with Crippen LogP contribution in [0.4, 0.5) is 0 Å². The van der Waals surface area contributed by atoms with Crippen molar-refractivity contribution in [1.29, 1.82) is 0 Å². The van der Waals surface area contributed by atoms with Crippen LogP contribution in [0.2, 0.25) is 0 Å². The maximum Gasteiger partial charge on any atom is 0.0584 e. The van der Waals surface area contributed by atoms with Crippen molar-refractivity contribution in [1.82, 2.24) is 5.32 Å². The minimum atomic E-state index is 0.281. The summed E-state index contributed by atoms with van der Waals surface area (Å²) in [5, 5.41) is 12.0. The van der Waals surface area contributed by atoms with Gasteiger partial charge in [0.1, 0.15) is 0 Å². The molecule has 1 fully saturated rings. The van der Waals surface area contributed by atoms with Crippen molar-refractivity contribution in [2.45, 2.75) is 26.3 Å². The molecule has 0 radical (unpaired) electrons. The average molecular weight is 129 g/mol. The van der Waals surface area contributed by atoms with E-state index in [1.807, 2.05) is 0 Å². The Hall–Kier alpha value is -0.0800. The minimum Gasteiger partial charge on any atom is -0.395 e. The van der Waals surface area contributed by atoms with Gasteiger partial charge in [0, 0.05) is 12.6 Å². The lowest BCUT2D eigenvalue weighted by atomic mass is 9.91. The third kappa shape index (κ3) is 1.66. The molecule has 1 rings (SSSR count). The largest absolute Gasteiger partial charge is 0.395 e. The van der Waals surface area contributed by atoms with Crippen molar-refractivity contribution < 1.29 is 5.11 Å². The average Bonchev–Trinajstić information content (AvgIpc) is 2.10. The molecule has 0 bridgehead atoms. The van der Waals surface area contributed by atoms with Crippen LogP contribution in [0.3, 0.4) is 0 Å². The highest BCUT2D eigenvalue weighted by molar-refractivity contribution is 4.86. The molecule has 2 heteroatoms. The molecule has 9 heavy (non-hydrogen) atoms. The van der Waals surface area contributed by atoms with Crippen molar-refractivity contribution in [3.63, 3.8) is 0 Å². The summed E-state index contributed by atoms with van der Waals surface area (Å²) in [5.41, 5.74) is 0.396. The maximum atomic E-state index is 8.74. The Morgan fingerprint density at radius 2 is 2.33 bits per heavy atom. The van der Waals surface area contributed by atoms with Crippen LogP contribution in [0.5, 0.6) is 0 Å². The summed E-state index contributed by atoms with van der Waals surface area (Å²) in [6, 6.07) is 0.347. The Morgan fingerprint density at radius 3 is 2.56 bits per heavy atom. The lowest BCUT2D eigenvalue weighted by Crippen LogP contribution is -2.24. The monoisotopic (exact) mass is 129 g/mol. The second-order valence-electron chi connectivity index (χ2n) is 3.63. The SMILES string of the molecule is CC1(C)CN[C@H](CO)C1. The van der Waals surface area contributed by atoms with Crippen molar-refractivity contribution in [3.8, 4) is 0 Å². The summed E-state index contributed by atoms with van der Waals surface area (Å²) in [4.78, 5) is 0. The van der Waals surface area contributed by atoms with E-state index in [1.54, 1.807) is 0 Å². The highest BCUT2D eigenvalue weighted by Crippen LogP contribution is 2.26. The molecule has 0 amide bonds. The number of rotatable bonds is 1. The molecule has 2 nitrogen and oxygen atoms in total. The van der Waals surface area contributed by atoms with Gasteiger partial charge in [0.2, 0.25) is 0 Å². The van der Waals surface area contributed by atoms with Gasteiger partial charge in [0.05, 0.1) is 6.61 Å². The van der Waals surface area contributed by atoms with E-state index in [4.69, 9.17) is 5.11 Å². The molecule has 0 saturated carbocycles. The Balaban J connectivity index is 2.38. The van der Waals surface area contributed by atoms with Gasteiger partial charge in [0.25, 0.3) is 0 Å². The van der Waals surface area contributed by atoms with Crippen molar-refractivity contribution in [3.05, 3.63) is 0 Å². The fourth-order valence-corrected chi connectivity index (χ4v) is 1.36. The fourth-order valence-electron chi connectivity index (χ4n) is 1.36. The minimum absolute atomic E-state index is 0.281. The maximum absolute atomic E-state index is 8.74. The molecule has 54 valence electrons. The Bertz CT molecular complexity index is 101. The Labute approximate surface area is 56.3 Å². The van der Waals surface area contributed by atoms with Crippen LogP contribution in [-0.2, 0) is 0 Å². The van der Waals surface area contributed by atoms with Gasteiger partial charge in [-0.15, -0.1) is 0 Å². The lowest BCUT2D eigenvalue weighted by Gasteiger charge is -2.14. The molecule has 0 unspecified atom stereocenters. The molecule has 0 aliphatic carbocycles. The molecule has 1 atom stereocenters. The standard InChI is InChI=1S/C7H15NO/c1-7(2)3-6(4-9)8-5-7/h6,8-9H,3-5H2,1-2H3/t6-/m0/s1.